The summed E-state index contributed by atoms with van der Waals surface area (Å²) in [5.41, 5.74) is 2.01. The number of anilines is 2. The minimum absolute atomic E-state index is 0.0272. The maximum absolute atomic E-state index is 11.5. The molecule has 0 fully saturated rings. The first-order valence-electron chi connectivity index (χ1n) is 5.88. The molecule has 1 rings (SSSR count). The predicted octanol–water partition coefficient (Wildman–Crippen LogP) is 3.25. The van der Waals surface area contributed by atoms with Crippen molar-refractivity contribution >= 4 is 33.2 Å². The second kappa shape index (κ2) is 6.64. The number of rotatable bonds is 5. The van der Waals surface area contributed by atoms with E-state index in [2.05, 4.69) is 40.0 Å². The van der Waals surface area contributed by atoms with Crippen molar-refractivity contribution in [3.63, 3.8) is 0 Å². The van der Waals surface area contributed by atoms with Crippen molar-refractivity contribution in [3.05, 3.63) is 24.3 Å². The van der Waals surface area contributed by atoms with E-state index in [9.17, 15) is 4.79 Å². The first-order chi connectivity index (χ1) is 8.08. The molecule has 17 heavy (non-hydrogen) atoms. The number of carbonyl (C=O) groups is 1. The third-order valence-corrected chi connectivity index (χ3v) is 3.04. The molecule has 0 saturated carbocycles. The maximum Gasteiger partial charge on any atom is 0.237 e. The van der Waals surface area contributed by atoms with Gasteiger partial charge in [-0.05, 0) is 45.0 Å². The quantitative estimate of drug-likeness (QED) is 0.846. The molecule has 0 aliphatic heterocycles. The maximum atomic E-state index is 11.5. The summed E-state index contributed by atoms with van der Waals surface area (Å²) < 4.78 is 0. The van der Waals surface area contributed by atoms with E-state index in [1.807, 2.05) is 24.3 Å². The highest BCUT2D eigenvalue weighted by Gasteiger charge is 2.08. The van der Waals surface area contributed by atoms with E-state index in [1.54, 1.807) is 6.92 Å². The Morgan fingerprint density at radius 3 is 2.24 bits per heavy atom. The van der Waals surface area contributed by atoms with Crippen LogP contribution in [0.4, 0.5) is 11.4 Å². The summed E-state index contributed by atoms with van der Waals surface area (Å²) >= 11 is 3.24. The molecule has 1 aromatic carbocycles. The fourth-order valence-electron chi connectivity index (χ4n) is 1.59. The monoisotopic (exact) mass is 298 g/mol. The molecule has 0 saturated heterocycles. The van der Waals surface area contributed by atoms with Gasteiger partial charge in [0.2, 0.25) is 5.91 Å². The van der Waals surface area contributed by atoms with Crippen LogP contribution in [0.5, 0.6) is 0 Å². The number of nitrogens with zero attached hydrogens (tertiary/aromatic N) is 1. The summed E-state index contributed by atoms with van der Waals surface area (Å²) in [6.45, 7) is 8.04. The first-order valence-corrected chi connectivity index (χ1v) is 6.80. The predicted molar refractivity (Wildman–Crippen MR) is 77.0 cm³/mol. The second-order valence-corrected chi connectivity index (χ2v) is 5.20. The van der Waals surface area contributed by atoms with Gasteiger partial charge in [-0.2, -0.15) is 0 Å². The zero-order valence-electron chi connectivity index (χ0n) is 10.5. The number of halogens is 1. The smallest absolute Gasteiger partial charge is 0.237 e. The third-order valence-electron chi connectivity index (χ3n) is 2.62. The molecule has 94 valence electrons. The van der Waals surface area contributed by atoms with E-state index in [-0.39, 0.29) is 10.7 Å². The molecule has 0 spiro atoms. The van der Waals surface area contributed by atoms with Crippen molar-refractivity contribution in [2.75, 3.05) is 23.3 Å². The largest absolute Gasteiger partial charge is 0.372 e. The van der Waals surface area contributed by atoms with Gasteiger partial charge in [-0.15, -0.1) is 0 Å². The number of hydrogen-bond donors (Lipinski definition) is 1. The van der Waals surface area contributed by atoms with Gasteiger partial charge in [0.15, 0.2) is 0 Å². The lowest BCUT2D eigenvalue weighted by Crippen LogP contribution is -2.22. The van der Waals surface area contributed by atoms with Gasteiger partial charge in [-0.25, -0.2) is 0 Å². The van der Waals surface area contributed by atoms with Crippen LogP contribution >= 0.6 is 15.9 Å². The Morgan fingerprint density at radius 2 is 1.82 bits per heavy atom. The lowest BCUT2D eigenvalue weighted by atomic mass is 10.2. The van der Waals surface area contributed by atoms with Crippen LogP contribution in [0.15, 0.2) is 24.3 Å². The topological polar surface area (TPSA) is 32.3 Å². The molecule has 1 amide bonds. The van der Waals surface area contributed by atoms with Crippen LogP contribution in [0.1, 0.15) is 20.8 Å². The summed E-state index contributed by atoms with van der Waals surface area (Å²) in [4.78, 5) is 13.6. The Kier molecular flexibility index (Phi) is 5.48. The van der Waals surface area contributed by atoms with E-state index in [1.165, 1.54) is 5.69 Å². The summed E-state index contributed by atoms with van der Waals surface area (Å²) in [5.74, 6) is -0.0272. The van der Waals surface area contributed by atoms with Crippen molar-refractivity contribution in [3.8, 4) is 0 Å². The Labute approximate surface area is 111 Å². The average Bonchev–Trinajstić information content (AvgIpc) is 2.32. The molecule has 1 atom stereocenters. The molecular formula is C13H19BrN2O. The molecule has 0 bridgehead atoms. The van der Waals surface area contributed by atoms with E-state index < -0.39 is 0 Å². The normalized spacial score (nSPS) is 12.0. The zero-order chi connectivity index (χ0) is 12.8. The third kappa shape index (κ3) is 4.04. The van der Waals surface area contributed by atoms with Gasteiger partial charge in [-0.1, -0.05) is 15.9 Å². The average molecular weight is 299 g/mol. The van der Waals surface area contributed by atoms with Crippen LogP contribution in [0.2, 0.25) is 0 Å². The molecule has 0 aliphatic carbocycles. The summed E-state index contributed by atoms with van der Waals surface area (Å²) in [7, 11) is 0. The van der Waals surface area contributed by atoms with E-state index in [0.29, 0.717) is 0 Å². The number of alkyl halides is 1. The minimum atomic E-state index is -0.176. The van der Waals surface area contributed by atoms with Crippen molar-refractivity contribution in [2.24, 2.45) is 0 Å². The van der Waals surface area contributed by atoms with Crippen LogP contribution in [-0.4, -0.2) is 23.8 Å². The number of hydrogen-bond acceptors (Lipinski definition) is 2. The summed E-state index contributed by atoms with van der Waals surface area (Å²) in [6.07, 6.45) is 0. The molecular weight excluding hydrogens is 280 g/mol. The number of amides is 1. The molecule has 0 heterocycles. The molecule has 3 nitrogen and oxygen atoms in total. The second-order valence-electron chi connectivity index (χ2n) is 3.82. The molecule has 0 aromatic heterocycles. The Bertz CT molecular complexity index is 358. The molecule has 4 heteroatoms. The van der Waals surface area contributed by atoms with E-state index >= 15 is 0 Å². The lowest BCUT2D eigenvalue weighted by molar-refractivity contribution is -0.115. The van der Waals surface area contributed by atoms with E-state index in [0.717, 1.165) is 18.8 Å². The molecule has 1 N–H and O–H groups in total. The Hall–Kier alpha value is -1.03. The zero-order valence-corrected chi connectivity index (χ0v) is 12.1. The van der Waals surface area contributed by atoms with Gasteiger partial charge >= 0.3 is 0 Å². The fourth-order valence-corrected chi connectivity index (χ4v) is 1.70. The fraction of sp³-hybridized carbons (Fsp3) is 0.462. The van der Waals surface area contributed by atoms with Crippen molar-refractivity contribution in [1.29, 1.82) is 0 Å². The van der Waals surface area contributed by atoms with E-state index in [4.69, 9.17) is 0 Å². The van der Waals surface area contributed by atoms with Crippen LogP contribution in [0, 0.1) is 0 Å². The Morgan fingerprint density at radius 1 is 1.29 bits per heavy atom. The van der Waals surface area contributed by atoms with Gasteiger partial charge in [-0.3, -0.25) is 4.79 Å². The molecule has 0 radical (unpaired) electrons. The lowest BCUT2D eigenvalue weighted by Gasteiger charge is -2.21. The Balaban J connectivity index is 2.71. The number of nitrogens with one attached hydrogen (secondary N) is 1. The van der Waals surface area contributed by atoms with Crippen molar-refractivity contribution in [2.45, 2.75) is 25.6 Å². The number of benzene rings is 1. The van der Waals surface area contributed by atoms with Gasteiger partial charge in [0.1, 0.15) is 0 Å². The van der Waals surface area contributed by atoms with Crippen molar-refractivity contribution in [1.82, 2.24) is 0 Å². The van der Waals surface area contributed by atoms with Crippen LogP contribution in [0.3, 0.4) is 0 Å². The highest BCUT2D eigenvalue weighted by atomic mass is 79.9. The van der Waals surface area contributed by atoms with Gasteiger partial charge in [0.25, 0.3) is 0 Å². The van der Waals surface area contributed by atoms with Gasteiger partial charge in [0, 0.05) is 24.5 Å². The highest BCUT2D eigenvalue weighted by molar-refractivity contribution is 9.10. The minimum Gasteiger partial charge on any atom is -0.372 e. The summed E-state index contributed by atoms with van der Waals surface area (Å²) in [6, 6.07) is 7.92. The van der Waals surface area contributed by atoms with Crippen LogP contribution in [-0.2, 0) is 4.79 Å². The summed E-state index contributed by atoms with van der Waals surface area (Å²) in [5, 5.41) is 2.84. The van der Waals surface area contributed by atoms with Gasteiger partial charge in [0.05, 0.1) is 4.83 Å². The molecule has 1 unspecified atom stereocenters. The van der Waals surface area contributed by atoms with Crippen molar-refractivity contribution < 1.29 is 4.79 Å². The first kappa shape index (κ1) is 14.0. The number of carbonyl (C=O) groups excluding carboxylic acids is 1. The molecule has 1 aromatic rings. The molecule has 0 aliphatic rings. The van der Waals surface area contributed by atoms with Crippen LogP contribution in [0.25, 0.3) is 0 Å². The van der Waals surface area contributed by atoms with Gasteiger partial charge < -0.3 is 10.2 Å². The standard InChI is InChI=1S/C13H19BrN2O/c1-4-16(5-2)12-8-6-11(7-9-12)15-13(17)10(3)14/h6-10H,4-5H2,1-3H3,(H,15,17). The SMILES string of the molecule is CCN(CC)c1ccc(NC(=O)C(C)Br)cc1. The highest BCUT2D eigenvalue weighted by Crippen LogP contribution is 2.18. The van der Waals surface area contributed by atoms with Crippen LogP contribution < -0.4 is 10.2 Å².